The molecule has 0 nitrogen and oxygen atoms in total. The fraction of sp³-hybridized carbons (Fsp3) is 0.500. The van der Waals surface area contributed by atoms with Gasteiger partial charge in [-0.15, -0.1) is 25.7 Å². The maximum Gasteiger partial charge on any atom is 0.0213 e. The van der Waals surface area contributed by atoms with Crippen LogP contribution in [-0.2, 0) is 51.7 Å². The van der Waals surface area contributed by atoms with E-state index in [4.69, 9.17) is 0 Å². The van der Waals surface area contributed by atoms with Crippen LogP contribution in [0.3, 0.4) is 0 Å². The van der Waals surface area contributed by atoms with Gasteiger partial charge in [-0.2, -0.15) is 22.3 Å². The van der Waals surface area contributed by atoms with Crippen LogP contribution in [-0.4, -0.2) is 19.0 Å². The van der Waals surface area contributed by atoms with Crippen LogP contribution in [0.5, 0.6) is 0 Å². The van der Waals surface area contributed by atoms with Crippen LogP contribution in [0.2, 0.25) is 26.2 Å². The molecule has 0 saturated carbocycles. The summed E-state index contributed by atoms with van der Waals surface area (Å²) in [4.78, 5) is 0. The summed E-state index contributed by atoms with van der Waals surface area (Å²) in [5, 5.41) is 0. The van der Waals surface area contributed by atoms with E-state index in [-0.39, 0.29) is 76.5 Å². The van der Waals surface area contributed by atoms with Crippen LogP contribution in [0.1, 0.15) is 81.1 Å². The molecule has 4 rings (SSSR count). The van der Waals surface area contributed by atoms with Crippen molar-refractivity contribution in [3.63, 3.8) is 0 Å². The molecule has 4 aliphatic carbocycles. The molecule has 2 radical (unpaired) electrons. The Balaban J connectivity index is -0.0000000814. The summed E-state index contributed by atoms with van der Waals surface area (Å²) in [5.74, 6) is 0. The van der Waals surface area contributed by atoms with Gasteiger partial charge in [-0.05, 0) is 0 Å². The van der Waals surface area contributed by atoms with E-state index in [0.29, 0.717) is 0 Å². The SMILES string of the molecule is CC1=[C-]CC(C)=C1.CC1=[C-]CC(C)=C1.CC1=[C-]CC(C)=C1.CC1=[C-]CC(C)=C1.C[SiH]C.C[SiH]C.[Cl-].[Cl-].[Hf].[Hf]. The Morgan fingerprint density at radius 2 is 0.553 bits per heavy atom. The van der Waals surface area contributed by atoms with Crippen LogP contribution in [0.25, 0.3) is 0 Å². The third-order valence-electron chi connectivity index (χ3n) is 4.44. The molecule has 0 fully saturated rings. The van der Waals surface area contributed by atoms with Crippen molar-refractivity contribution in [2.45, 2.75) is 107 Å². The van der Waals surface area contributed by atoms with Crippen molar-refractivity contribution < 1.29 is 76.5 Å². The van der Waals surface area contributed by atoms with Crippen LogP contribution >= 0.6 is 0 Å². The molecule has 0 amide bonds. The van der Waals surface area contributed by atoms with Crippen LogP contribution in [0.15, 0.2) is 68.9 Å². The number of hydrogen-bond donors (Lipinski definition) is 0. The molecule has 0 heterocycles. The van der Waals surface area contributed by atoms with E-state index in [9.17, 15) is 0 Å². The second-order valence-electron chi connectivity index (χ2n) is 9.26. The van der Waals surface area contributed by atoms with Gasteiger partial charge in [0.25, 0.3) is 0 Å². The number of allylic oxidation sites excluding steroid dienone is 16. The maximum absolute atomic E-state index is 3.19. The third-order valence-corrected chi connectivity index (χ3v) is 4.44. The second-order valence-corrected chi connectivity index (χ2v) is 11.6. The Labute approximate surface area is 293 Å². The zero-order valence-corrected chi connectivity index (χ0v) is 37.1. The molecular weight excluding hydrogens is 868 g/mol. The molecule has 0 spiro atoms. The van der Waals surface area contributed by atoms with Gasteiger partial charge in [0.05, 0.1) is 0 Å². The quantitative estimate of drug-likeness (QED) is 0.259. The molecule has 0 aliphatic heterocycles. The minimum atomic E-state index is 0. The fourth-order valence-corrected chi connectivity index (χ4v) is 3.00. The maximum atomic E-state index is 3.19. The average molecular weight is 919 g/mol. The first-order valence-corrected chi connectivity index (χ1v) is 17.1. The molecule has 214 valence electrons. The topological polar surface area (TPSA) is 0 Å². The smallest absolute Gasteiger partial charge is 0.0213 e. The molecular formula is C32H50Cl2Hf2Si2-6. The summed E-state index contributed by atoms with van der Waals surface area (Å²) in [7, 11) is 1.50. The molecule has 4 aliphatic rings. The van der Waals surface area contributed by atoms with Crippen molar-refractivity contribution in [1.82, 2.24) is 0 Å². The van der Waals surface area contributed by atoms with E-state index in [1.165, 1.54) is 44.6 Å². The van der Waals surface area contributed by atoms with E-state index in [1.807, 2.05) is 0 Å². The first-order chi connectivity index (χ1) is 16.0. The largest absolute Gasteiger partial charge is 1.00 e. The van der Waals surface area contributed by atoms with Gasteiger partial charge in [0, 0.05) is 70.7 Å². The molecule has 38 heavy (non-hydrogen) atoms. The average Bonchev–Trinajstić information content (AvgIpc) is 3.51. The molecule has 0 bridgehead atoms. The second kappa shape index (κ2) is 33.9. The van der Waals surface area contributed by atoms with E-state index >= 15 is 0 Å². The number of halogens is 2. The minimum Gasteiger partial charge on any atom is -1.00 e. The van der Waals surface area contributed by atoms with Gasteiger partial charge >= 0.3 is 0 Å². The van der Waals surface area contributed by atoms with E-state index in [1.54, 1.807) is 0 Å². The summed E-state index contributed by atoms with van der Waals surface area (Å²) in [6.45, 7) is 25.7. The summed E-state index contributed by atoms with van der Waals surface area (Å²) >= 11 is 0. The van der Waals surface area contributed by atoms with Gasteiger partial charge in [0.2, 0.25) is 0 Å². The van der Waals surface area contributed by atoms with Gasteiger partial charge < -0.3 is 24.8 Å². The Morgan fingerprint density at radius 1 is 0.421 bits per heavy atom. The summed E-state index contributed by atoms with van der Waals surface area (Å²) in [6, 6.07) is 0. The Hall–Kier alpha value is 0.674. The van der Waals surface area contributed by atoms with Crippen LogP contribution < -0.4 is 24.8 Å². The first-order valence-electron chi connectivity index (χ1n) is 12.4. The van der Waals surface area contributed by atoms with Crippen molar-refractivity contribution in [2.24, 2.45) is 0 Å². The first kappa shape index (κ1) is 51.4. The molecule has 6 heteroatoms. The number of rotatable bonds is 0. The van der Waals surface area contributed by atoms with Gasteiger partial charge in [-0.3, -0.25) is 24.3 Å². The van der Waals surface area contributed by atoms with Crippen molar-refractivity contribution in [1.29, 1.82) is 0 Å². The predicted octanol–water partition coefficient (Wildman–Crippen LogP) is 3.38. The standard InChI is InChI=1S/4C7H9.2C2H7Si.2ClH.2Hf/c4*1-6-3-4-7(2)5-6;2*1-3-2;;;;/h4*5H,3H2,1-2H3;2*3H,1-2H3;2*1H;;/q4*-1;;;;;;/p-2. The molecule has 0 aromatic carbocycles. The monoisotopic (exact) mass is 920 g/mol. The Bertz CT molecular complexity index is 706. The van der Waals surface area contributed by atoms with Gasteiger partial charge in [0.15, 0.2) is 0 Å². The van der Waals surface area contributed by atoms with E-state index < -0.39 is 0 Å². The fourth-order valence-electron chi connectivity index (χ4n) is 3.00. The summed E-state index contributed by atoms with van der Waals surface area (Å²) in [6.07, 6.45) is 25.6. The Kier molecular flexibility index (Phi) is 45.8. The molecule has 0 atom stereocenters. The van der Waals surface area contributed by atoms with Crippen LogP contribution in [0.4, 0.5) is 0 Å². The zero-order chi connectivity index (χ0) is 26.5. The Morgan fingerprint density at radius 3 is 0.579 bits per heavy atom. The van der Waals surface area contributed by atoms with Crippen molar-refractivity contribution in [3.05, 3.63) is 93.2 Å². The van der Waals surface area contributed by atoms with Crippen molar-refractivity contribution in [3.8, 4) is 0 Å². The molecule has 0 N–H and O–H groups in total. The minimum absolute atomic E-state index is 0. The zero-order valence-electron chi connectivity index (χ0n) is 26.0. The molecule has 0 saturated heterocycles. The molecule has 0 aromatic heterocycles. The van der Waals surface area contributed by atoms with Gasteiger partial charge in [-0.1, -0.05) is 81.6 Å². The number of hydrogen-bond acceptors (Lipinski definition) is 0. The summed E-state index contributed by atoms with van der Waals surface area (Å²) in [5.41, 5.74) is 10.9. The summed E-state index contributed by atoms with van der Waals surface area (Å²) < 4.78 is 0. The molecule has 0 unspecified atom stereocenters. The molecule has 0 aromatic rings. The van der Waals surface area contributed by atoms with Crippen molar-refractivity contribution in [2.75, 3.05) is 0 Å². The normalized spacial score (nSPS) is 15.1. The van der Waals surface area contributed by atoms with Gasteiger partial charge in [0.1, 0.15) is 0 Å². The third kappa shape index (κ3) is 34.7. The van der Waals surface area contributed by atoms with Crippen molar-refractivity contribution >= 4 is 19.0 Å². The van der Waals surface area contributed by atoms with E-state index in [0.717, 1.165) is 44.7 Å². The van der Waals surface area contributed by atoms with Gasteiger partial charge in [-0.25, -0.2) is 46.6 Å². The van der Waals surface area contributed by atoms with E-state index in [2.05, 4.69) is 130 Å². The van der Waals surface area contributed by atoms with Crippen LogP contribution in [0, 0.1) is 24.3 Å². The predicted molar refractivity (Wildman–Crippen MR) is 161 cm³/mol.